The van der Waals surface area contributed by atoms with Gasteiger partial charge in [0.2, 0.25) is 5.91 Å². The first-order valence-corrected chi connectivity index (χ1v) is 9.10. The topological polar surface area (TPSA) is 93.4 Å². The summed E-state index contributed by atoms with van der Waals surface area (Å²) in [7, 11) is 1.45. The number of carbonyl (C=O) groups is 1. The number of aliphatic hydroxyl groups is 1. The van der Waals surface area contributed by atoms with Gasteiger partial charge in [0.05, 0.1) is 31.8 Å². The van der Waals surface area contributed by atoms with Crippen LogP contribution in [0, 0.1) is 0 Å². The molecule has 2 aromatic rings. The molecule has 1 aliphatic carbocycles. The third-order valence-corrected chi connectivity index (χ3v) is 4.95. The fourth-order valence-electron chi connectivity index (χ4n) is 2.92. The maximum atomic E-state index is 12.5. The zero-order valence-electron chi connectivity index (χ0n) is 15.1. The maximum absolute atomic E-state index is 12.5. The van der Waals surface area contributed by atoms with E-state index in [1.165, 1.54) is 7.05 Å². The second-order valence-electron chi connectivity index (χ2n) is 6.82. The monoisotopic (exact) mass is 391 g/mol. The minimum absolute atomic E-state index is 0.0229. The lowest BCUT2D eigenvalue weighted by Crippen LogP contribution is -2.42. The largest absolute Gasteiger partial charge is 0.392 e. The molecule has 1 saturated carbocycles. The van der Waals surface area contributed by atoms with Crippen molar-refractivity contribution in [3.05, 3.63) is 62.5 Å². The summed E-state index contributed by atoms with van der Waals surface area (Å²) >= 11 is 5.98. The van der Waals surface area contributed by atoms with E-state index in [2.05, 4.69) is 10.4 Å². The van der Waals surface area contributed by atoms with Crippen molar-refractivity contribution in [2.24, 2.45) is 7.05 Å². The Balaban J connectivity index is 1.60. The standard InChI is InChI=1S/C19H22ClN3O4/c1-23-18(26)14(15(10-24)17(20)22-23)9-16(25)21-19(7-8-19)12-27-11-13-5-3-2-4-6-13/h2-6,24H,7-12H2,1H3,(H,21,25). The van der Waals surface area contributed by atoms with Crippen LogP contribution in [0.15, 0.2) is 35.1 Å². The molecule has 0 aliphatic heterocycles. The summed E-state index contributed by atoms with van der Waals surface area (Å²) < 4.78 is 6.82. The van der Waals surface area contributed by atoms with E-state index in [9.17, 15) is 14.7 Å². The molecule has 0 unspecified atom stereocenters. The van der Waals surface area contributed by atoms with Crippen LogP contribution in [0.2, 0.25) is 5.15 Å². The van der Waals surface area contributed by atoms with Gasteiger partial charge in [-0.3, -0.25) is 9.59 Å². The predicted octanol–water partition coefficient (Wildman–Crippen LogP) is 1.33. The number of hydrogen-bond donors (Lipinski definition) is 2. The lowest BCUT2D eigenvalue weighted by Gasteiger charge is -2.18. The molecule has 144 valence electrons. The summed E-state index contributed by atoms with van der Waals surface area (Å²) in [4.78, 5) is 24.8. The highest BCUT2D eigenvalue weighted by Gasteiger charge is 2.44. The van der Waals surface area contributed by atoms with Crippen molar-refractivity contribution < 1.29 is 14.6 Å². The van der Waals surface area contributed by atoms with Gasteiger partial charge in [-0.25, -0.2) is 4.68 Å². The Morgan fingerprint density at radius 3 is 2.67 bits per heavy atom. The third kappa shape index (κ3) is 4.74. The van der Waals surface area contributed by atoms with Gasteiger partial charge in [0.15, 0.2) is 5.15 Å². The molecule has 0 saturated heterocycles. The van der Waals surface area contributed by atoms with E-state index >= 15 is 0 Å². The fraction of sp³-hybridized carbons (Fsp3) is 0.421. The molecule has 1 amide bonds. The molecule has 2 N–H and O–H groups in total. The minimum atomic E-state index is -0.449. The minimum Gasteiger partial charge on any atom is -0.392 e. The van der Waals surface area contributed by atoms with Gasteiger partial charge in [0.1, 0.15) is 0 Å². The average Bonchev–Trinajstić information content (AvgIpc) is 3.40. The van der Waals surface area contributed by atoms with Crippen LogP contribution in [0.4, 0.5) is 0 Å². The molecule has 27 heavy (non-hydrogen) atoms. The van der Waals surface area contributed by atoms with Gasteiger partial charge in [0, 0.05) is 18.2 Å². The highest BCUT2D eigenvalue weighted by molar-refractivity contribution is 6.30. The highest BCUT2D eigenvalue weighted by atomic mass is 35.5. The predicted molar refractivity (Wildman–Crippen MR) is 100 cm³/mol. The summed E-state index contributed by atoms with van der Waals surface area (Å²) in [6.45, 7) is 0.444. The van der Waals surface area contributed by atoms with Crippen LogP contribution in [0.25, 0.3) is 0 Å². The number of nitrogens with one attached hydrogen (secondary N) is 1. The van der Waals surface area contributed by atoms with Gasteiger partial charge in [0.25, 0.3) is 5.56 Å². The first kappa shape index (κ1) is 19.5. The zero-order chi connectivity index (χ0) is 19.4. The number of benzene rings is 1. The molecule has 7 nitrogen and oxygen atoms in total. The van der Waals surface area contributed by atoms with Crippen molar-refractivity contribution in [1.82, 2.24) is 15.1 Å². The Bertz CT molecular complexity index is 879. The summed E-state index contributed by atoms with van der Waals surface area (Å²) in [6.07, 6.45) is 1.50. The Hall–Kier alpha value is -2.22. The normalized spacial score (nSPS) is 14.8. The van der Waals surface area contributed by atoms with Crippen LogP contribution in [-0.2, 0) is 36.2 Å². The van der Waals surface area contributed by atoms with Crippen molar-refractivity contribution in [3.63, 3.8) is 0 Å². The maximum Gasteiger partial charge on any atom is 0.270 e. The first-order valence-electron chi connectivity index (χ1n) is 8.72. The van der Waals surface area contributed by atoms with Crippen LogP contribution in [0.1, 0.15) is 29.5 Å². The van der Waals surface area contributed by atoms with Gasteiger partial charge in [-0.15, -0.1) is 0 Å². The van der Waals surface area contributed by atoms with Crippen LogP contribution >= 0.6 is 11.6 Å². The molecule has 0 radical (unpaired) electrons. The lowest BCUT2D eigenvalue weighted by molar-refractivity contribution is -0.122. The smallest absolute Gasteiger partial charge is 0.270 e. The summed E-state index contributed by atoms with van der Waals surface area (Å²) in [5, 5.41) is 16.3. The Morgan fingerprint density at radius 1 is 1.33 bits per heavy atom. The number of carbonyl (C=O) groups excluding carboxylic acids is 1. The SMILES string of the molecule is Cn1nc(Cl)c(CO)c(CC(=O)NC2(COCc3ccccc3)CC2)c1=O. The molecule has 1 fully saturated rings. The summed E-state index contributed by atoms with van der Waals surface area (Å²) in [5.41, 5.74) is 0.609. The number of aromatic nitrogens is 2. The van der Waals surface area contributed by atoms with E-state index in [0.29, 0.717) is 13.2 Å². The zero-order valence-corrected chi connectivity index (χ0v) is 15.8. The van der Waals surface area contributed by atoms with Gasteiger partial charge in [-0.05, 0) is 18.4 Å². The number of amides is 1. The van der Waals surface area contributed by atoms with Gasteiger partial charge in [-0.1, -0.05) is 41.9 Å². The number of aliphatic hydroxyl groups excluding tert-OH is 1. The summed E-state index contributed by atoms with van der Waals surface area (Å²) in [5.74, 6) is -0.301. The van der Waals surface area contributed by atoms with E-state index in [4.69, 9.17) is 16.3 Å². The molecule has 1 aromatic carbocycles. The van der Waals surface area contributed by atoms with Crippen LogP contribution in [0.3, 0.4) is 0 Å². The second kappa shape index (κ2) is 8.21. The average molecular weight is 392 g/mol. The van der Waals surface area contributed by atoms with Crippen molar-refractivity contribution >= 4 is 17.5 Å². The molecular weight excluding hydrogens is 370 g/mol. The second-order valence-corrected chi connectivity index (χ2v) is 7.18. The summed E-state index contributed by atoms with van der Waals surface area (Å²) in [6, 6.07) is 9.82. The molecule has 0 bridgehead atoms. The van der Waals surface area contributed by atoms with E-state index in [1.807, 2.05) is 30.3 Å². The van der Waals surface area contributed by atoms with Crippen LogP contribution in [0.5, 0.6) is 0 Å². The van der Waals surface area contributed by atoms with Gasteiger partial charge >= 0.3 is 0 Å². The van der Waals surface area contributed by atoms with E-state index in [-0.39, 0.29) is 34.1 Å². The Morgan fingerprint density at radius 2 is 2.04 bits per heavy atom. The van der Waals surface area contributed by atoms with Gasteiger partial charge < -0.3 is 15.2 Å². The number of hydrogen-bond acceptors (Lipinski definition) is 5. The van der Waals surface area contributed by atoms with E-state index in [0.717, 1.165) is 23.1 Å². The molecule has 1 aliphatic rings. The van der Waals surface area contributed by atoms with Crippen LogP contribution in [-0.4, -0.2) is 32.9 Å². The van der Waals surface area contributed by atoms with E-state index < -0.39 is 12.2 Å². The van der Waals surface area contributed by atoms with Crippen molar-refractivity contribution in [2.75, 3.05) is 6.61 Å². The van der Waals surface area contributed by atoms with Crippen LogP contribution < -0.4 is 10.9 Å². The molecule has 0 spiro atoms. The quantitative estimate of drug-likeness (QED) is 0.708. The molecule has 1 heterocycles. The fourth-order valence-corrected chi connectivity index (χ4v) is 3.21. The molecule has 3 rings (SSSR count). The molecule has 0 atom stereocenters. The third-order valence-electron chi connectivity index (χ3n) is 4.65. The molecular formula is C19H22ClN3O4. The lowest BCUT2D eigenvalue weighted by atomic mass is 10.1. The van der Waals surface area contributed by atoms with Gasteiger partial charge in [-0.2, -0.15) is 5.10 Å². The van der Waals surface area contributed by atoms with Crippen molar-refractivity contribution in [2.45, 2.75) is 38.0 Å². The number of aryl methyl sites for hydroxylation is 1. The Labute approximate surface area is 161 Å². The van der Waals surface area contributed by atoms with E-state index in [1.54, 1.807) is 0 Å². The molecule has 8 heteroatoms. The van der Waals surface area contributed by atoms with Crippen molar-refractivity contribution in [3.8, 4) is 0 Å². The van der Waals surface area contributed by atoms with Crippen molar-refractivity contribution in [1.29, 1.82) is 0 Å². The Kier molecular flexibility index (Phi) is 5.94. The first-order chi connectivity index (χ1) is 12.9. The highest BCUT2D eigenvalue weighted by Crippen LogP contribution is 2.36. The number of ether oxygens (including phenoxy) is 1. The number of nitrogens with zero attached hydrogens (tertiary/aromatic N) is 2. The number of rotatable bonds is 8. The number of halogens is 1. The molecule has 1 aromatic heterocycles.